The van der Waals surface area contributed by atoms with Crippen molar-refractivity contribution in [2.24, 2.45) is 52.3 Å². The molecule has 7 unspecified atom stereocenters. The first kappa shape index (κ1) is 22.6. The molecule has 0 amide bonds. The number of rotatable bonds is 5. The molecular weight excluding hydrogens is 364 g/mol. The minimum Gasteiger partial charge on any atom is -0.393 e. The normalized spacial score (nSPS) is 45.6. The summed E-state index contributed by atoms with van der Waals surface area (Å²) in [5.41, 5.74) is 2.51. The van der Waals surface area contributed by atoms with Crippen molar-refractivity contribution in [3.8, 4) is 0 Å². The second kappa shape index (κ2) is 8.42. The highest BCUT2D eigenvalue weighted by molar-refractivity contribution is 5.25. The van der Waals surface area contributed by atoms with Crippen molar-refractivity contribution in [3.63, 3.8) is 0 Å². The highest BCUT2D eigenvalue weighted by Gasteiger charge is 2.58. The predicted molar refractivity (Wildman–Crippen MR) is 128 cm³/mol. The van der Waals surface area contributed by atoms with Gasteiger partial charge in [-0.15, -0.1) is 0 Å². The van der Waals surface area contributed by atoms with Crippen LogP contribution in [0.3, 0.4) is 0 Å². The number of hydrogen-bond acceptors (Lipinski definition) is 1. The van der Waals surface area contributed by atoms with Gasteiger partial charge in [-0.05, 0) is 110 Å². The maximum atomic E-state index is 10.2. The van der Waals surface area contributed by atoms with Crippen molar-refractivity contribution >= 4 is 0 Å². The van der Waals surface area contributed by atoms with Crippen LogP contribution in [0, 0.1) is 52.3 Å². The lowest BCUT2D eigenvalue weighted by atomic mass is 9.47. The molecule has 1 heteroatoms. The molecule has 4 aliphatic rings. The molecule has 0 spiro atoms. The van der Waals surface area contributed by atoms with E-state index in [1.54, 1.807) is 5.57 Å². The summed E-state index contributed by atoms with van der Waals surface area (Å²) in [6.45, 7) is 14.8. The Morgan fingerprint density at radius 2 is 1.80 bits per heavy atom. The summed E-state index contributed by atoms with van der Waals surface area (Å²) in [6.07, 6.45) is 19.1. The zero-order valence-corrected chi connectivity index (χ0v) is 20.7. The van der Waals surface area contributed by atoms with Crippen molar-refractivity contribution in [1.82, 2.24) is 0 Å². The van der Waals surface area contributed by atoms with Crippen molar-refractivity contribution in [2.45, 2.75) is 105 Å². The van der Waals surface area contributed by atoms with E-state index in [1.165, 1.54) is 44.9 Å². The van der Waals surface area contributed by atoms with Gasteiger partial charge in [-0.2, -0.15) is 0 Å². The van der Waals surface area contributed by atoms with E-state index in [0.717, 1.165) is 48.3 Å². The van der Waals surface area contributed by atoms with E-state index in [9.17, 15) is 5.11 Å². The summed E-state index contributed by atoms with van der Waals surface area (Å²) < 4.78 is 0. The average molecular weight is 413 g/mol. The Morgan fingerprint density at radius 1 is 1.03 bits per heavy atom. The molecule has 30 heavy (non-hydrogen) atoms. The first-order valence-electron chi connectivity index (χ1n) is 13.3. The monoisotopic (exact) mass is 412 g/mol. The van der Waals surface area contributed by atoms with Crippen LogP contribution in [-0.2, 0) is 0 Å². The highest BCUT2D eigenvalue weighted by Crippen LogP contribution is 2.67. The summed E-state index contributed by atoms with van der Waals surface area (Å²) in [5, 5.41) is 10.2. The van der Waals surface area contributed by atoms with E-state index in [1.807, 2.05) is 0 Å². The third-order valence-electron chi connectivity index (χ3n) is 10.8. The van der Waals surface area contributed by atoms with Gasteiger partial charge in [0.2, 0.25) is 0 Å². The minimum atomic E-state index is -0.0870. The molecule has 9 atom stereocenters. The number of fused-ring (bicyclic) bond motifs is 5. The number of hydrogen-bond donors (Lipinski definition) is 1. The van der Waals surface area contributed by atoms with Gasteiger partial charge in [-0.1, -0.05) is 65.3 Å². The van der Waals surface area contributed by atoms with E-state index in [0.29, 0.717) is 16.7 Å². The zero-order valence-electron chi connectivity index (χ0n) is 20.7. The van der Waals surface area contributed by atoms with Gasteiger partial charge in [-0.25, -0.2) is 0 Å². The van der Waals surface area contributed by atoms with Crippen molar-refractivity contribution < 1.29 is 5.11 Å². The minimum absolute atomic E-state index is 0.0870. The largest absolute Gasteiger partial charge is 0.393 e. The Labute approximate surface area is 186 Å². The van der Waals surface area contributed by atoms with Crippen molar-refractivity contribution in [1.29, 1.82) is 0 Å². The Bertz CT molecular complexity index is 674. The Balaban J connectivity index is 1.52. The molecule has 1 nitrogen and oxygen atoms in total. The van der Waals surface area contributed by atoms with E-state index in [2.05, 4.69) is 59.8 Å². The lowest BCUT2D eigenvalue weighted by Gasteiger charge is -2.58. The summed E-state index contributed by atoms with van der Waals surface area (Å²) in [4.78, 5) is 0. The summed E-state index contributed by atoms with van der Waals surface area (Å²) in [7, 11) is 0. The number of aliphatic hydroxyl groups excluding tert-OH is 1. The van der Waals surface area contributed by atoms with Gasteiger partial charge in [0.25, 0.3) is 0 Å². The number of aliphatic hydroxyl groups is 1. The third kappa shape index (κ3) is 3.66. The van der Waals surface area contributed by atoms with E-state index < -0.39 is 0 Å². The fraction of sp³-hybridized carbons (Fsp3) is 0.862. The number of allylic oxidation sites excluding steroid dienone is 3. The Kier molecular flexibility index (Phi) is 6.35. The molecule has 4 aliphatic carbocycles. The smallest absolute Gasteiger partial charge is 0.0577 e. The average Bonchev–Trinajstić information content (AvgIpc) is 3.06. The molecule has 0 aromatic rings. The predicted octanol–water partition coefficient (Wildman–Crippen LogP) is 7.80. The Hall–Kier alpha value is -0.560. The molecule has 0 saturated heterocycles. The molecule has 0 radical (unpaired) electrons. The second-order valence-electron chi connectivity index (χ2n) is 12.4. The maximum absolute atomic E-state index is 10.2. The van der Waals surface area contributed by atoms with E-state index in [-0.39, 0.29) is 6.10 Å². The molecule has 170 valence electrons. The Morgan fingerprint density at radius 3 is 2.50 bits per heavy atom. The fourth-order valence-corrected chi connectivity index (χ4v) is 8.83. The van der Waals surface area contributed by atoms with Crippen LogP contribution in [0.1, 0.15) is 99.3 Å². The summed E-state index contributed by atoms with van der Waals surface area (Å²) >= 11 is 0. The van der Waals surface area contributed by atoms with Crippen LogP contribution in [0.5, 0.6) is 0 Å². The van der Waals surface area contributed by atoms with Gasteiger partial charge in [0.1, 0.15) is 0 Å². The van der Waals surface area contributed by atoms with E-state index >= 15 is 0 Å². The summed E-state index contributed by atoms with van der Waals surface area (Å²) in [6, 6.07) is 0. The van der Waals surface area contributed by atoms with Crippen LogP contribution in [0.15, 0.2) is 23.8 Å². The van der Waals surface area contributed by atoms with Gasteiger partial charge >= 0.3 is 0 Å². The highest BCUT2D eigenvalue weighted by atomic mass is 16.3. The molecule has 3 fully saturated rings. The van der Waals surface area contributed by atoms with Crippen LogP contribution >= 0.6 is 0 Å². The van der Waals surface area contributed by atoms with Crippen LogP contribution in [-0.4, -0.2) is 11.2 Å². The quantitative estimate of drug-likeness (QED) is 0.457. The van der Waals surface area contributed by atoms with Crippen LogP contribution in [0.2, 0.25) is 0 Å². The zero-order chi connectivity index (χ0) is 21.7. The van der Waals surface area contributed by atoms with Crippen LogP contribution in [0.25, 0.3) is 0 Å². The summed E-state index contributed by atoms with van der Waals surface area (Å²) in [5.74, 6) is 5.70. The van der Waals surface area contributed by atoms with Gasteiger partial charge < -0.3 is 5.11 Å². The molecule has 0 bridgehead atoms. The first-order chi connectivity index (χ1) is 14.2. The molecule has 4 rings (SSSR count). The molecule has 0 aromatic carbocycles. The standard InChI is InChI=1S/C29H48O/c1-7-21(19(2)3)9-8-20(4)25-12-13-26-24-11-10-22-18-23(30)14-16-28(22,5)27(24)15-17-29(25,26)6/h8-10,19-21,23-27,30H,7,11-18H2,1-6H3/t20?,21?,23?,24?,25?,26?,27?,28-,29+/m0/s1. The topological polar surface area (TPSA) is 20.2 Å². The van der Waals surface area contributed by atoms with Crippen LogP contribution < -0.4 is 0 Å². The molecule has 3 saturated carbocycles. The molecule has 0 aromatic heterocycles. The van der Waals surface area contributed by atoms with Crippen molar-refractivity contribution in [2.75, 3.05) is 0 Å². The lowest BCUT2D eigenvalue weighted by Crippen LogP contribution is -2.50. The van der Waals surface area contributed by atoms with Crippen LogP contribution in [0.4, 0.5) is 0 Å². The molecule has 0 heterocycles. The van der Waals surface area contributed by atoms with Gasteiger partial charge in [0.15, 0.2) is 0 Å². The molecule has 1 N–H and O–H groups in total. The second-order valence-corrected chi connectivity index (χ2v) is 12.4. The lowest BCUT2D eigenvalue weighted by molar-refractivity contribution is -0.0540. The SMILES string of the molecule is CCC(C=CC(C)C1CCC2C3CC=C4CC(O)CC[C@]4(C)C3CC[C@]12C)C(C)C. The van der Waals surface area contributed by atoms with Crippen molar-refractivity contribution in [3.05, 3.63) is 23.8 Å². The van der Waals surface area contributed by atoms with Gasteiger partial charge in [0, 0.05) is 0 Å². The van der Waals surface area contributed by atoms with Gasteiger partial charge in [0.05, 0.1) is 6.10 Å². The van der Waals surface area contributed by atoms with Gasteiger partial charge in [-0.3, -0.25) is 0 Å². The fourth-order valence-electron chi connectivity index (χ4n) is 8.83. The molecular formula is C29H48O. The maximum Gasteiger partial charge on any atom is 0.0577 e. The third-order valence-corrected chi connectivity index (χ3v) is 10.8. The molecule has 0 aliphatic heterocycles. The van der Waals surface area contributed by atoms with E-state index in [4.69, 9.17) is 0 Å². The first-order valence-corrected chi connectivity index (χ1v) is 13.3.